The number of anilines is 1. The molecular formula is C21H23NO3. The number of amides is 1. The average Bonchev–Trinajstić information content (AvgIpc) is 2.96. The van der Waals surface area contributed by atoms with E-state index in [4.69, 9.17) is 9.47 Å². The lowest BCUT2D eigenvalue weighted by atomic mass is 10.1. The predicted molar refractivity (Wildman–Crippen MR) is 100 cm³/mol. The van der Waals surface area contributed by atoms with Crippen LogP contribution < -0.4 is 14.4 Å². The molecule has 1 heterocycles. The second kappa shape index (κ2) is 7.01. The predicted octanol–water partition coefficient (Wildman–Crippen LogP) is 4.08. The minimum atomic E-state index is -0.00665. The highest BCUT2D eigenvalue weighted by Crippen LogP contribution is 2.34. The Morgan fingerprint density at radius 2 is 1.92 bits per heavy atom. The van der Waals surface area contributed by atoms with Gasteiger partial charge in [0, 0.05) is 29.4 Å². The van der Waals surface area contributed by atoms with E-state index in [1.54, 1.807) is 20.3 Å². The molecule has 0 saturated heterocycles. The topological polar surface area (TPSA) is 38.8 Å². The number of nitrogens with zero attached hydrogens (tertiary/aromatic N) is 1. The maximum absolute atomic E-state index is 12.9. The van der Waals surface area contributed by atoms with Gasteiger partial charge in [-0.3, -0.25) is 4.79 Å². The second-order valence-electron chi connectivity index (χ2n) is 6.28. The van der Waals surface area contributed by atoms with Crippen molar-refractivity contribution < 1.29 is 14.3 Å². The summed E-state index contributed by atoms with van der Waals surface area (Å²) in [6, 6.07) is 13.8. The lowest BCUT2D eigenvalue weighted by molar-refractivity contribution is -0.114. The van der Waals surface area contributed by atoms with Crippen molar-refractivity contribution in [3.63, 3.8) is 0 Å². The van der Waals surface area contributed by atoms with Gasteiger partial charge in [0.05, 0.1) is 14.2 Å². The van der Waals surface area contributed by atoms with Crippen LogP contribution in [0.2, 0.25) is 0 Å². The molecule has 3 rings (SSSR count). The van der Waals surface area contributed by atoms with Crippen molar-refractivity contribution >= 4 is 17.2 Å². The number of benzene rings is 2. The number of hydrogen-bond donors (Lipinski definition) is 0. The van der Waals surface area contributed by atoms with Gasteiger partial charge in [-0.2, -0.15) is 0 Å². The maximum atomic E-state index is 12.9. The Hall–Kier alpha value is -2.75. The molecule has 4 heteroatoms. The van der Waals surface area contributed by atoms with Gasteiger partial charge in [-0.15, -0.1) is 0 Å². The number of fused-ring (bicyclic) bond motifs is 1. The van der Waals surface area contributed by atoms with Crippen molar-refractivity contribution in [3.05, 3.63) is 59.7 Å². The van der Waals surface area contributed by atoms with Gasteiger partial charge in [0.1, 0.15) is 11.5 Å². The van der Waals surface area contributed by atoms with E-state index in [0.29, 0.717) is 5.75 Å². The summed E-state index contributed by atoms with van der Waals surface area (Å²) in [7, 11) is 3.24. The molecule has 0 saturated carbocycles. The Bertz CT molecular complexity index is 826. The number of carbonyl (C=O) groups is 1. The molecule has 4 nitrogen and oxygen atoms in total. The monoisotopic (exact) mass is 337 g/mol. The van der Waals surface area contributed by atoms with Crippen molar-refractivity contribution in [2.45, 2.75) is 26.3 Å². The summed E-state index contributed by atoms with van der Waals surface area (Å²) in [6.07, 6.45) is 2.57. The SMILES string of the molecule is COc1ccc(/C(C)=C/C(=O)N2c3ccccc3CC2C)c(OC)c1. The van der Waals surface area contributed by atoms with E-state index >= 15 is 0 Å². The van der Waals surface area contributed by atoms with Crippen LogP contribution >= 0.6 is 0 Å². The smallest absolute Gasteiger partial charge is 0.251 e. The molecule has 0 fully saturated rings. The van der Waals surface area contributed by atoms with Crippen LogP contribution in [-0.2, 0) is 11.2 Å². The number of methoxy groups -OCH3 is 2. The average molecular weight is 337 g/mol. The molecule has 1 aliphatic rings. The Morgan fingerprint density at radius 3 is 2.64 bits per heavy atom. The third-order valence-electron chi connectivity index (χ3n) is 4.62. The van der Waals surface area contributed by atoms with E-state index in [1.165, 1.54) is 5.56 Å². The zero-order chi connectivity index (χ0) is 18.0. The van der Waals surface area contributed by atoms with Gasteiger partial charge >= 0.3 is 0 Å². The third-order valence-corrected chi connectivity index (χ3v) is 4.62. The lowest BCUT2D eigenvalue weighted by Crippen LogP contribution is -2.34. The summed E-state index contributed by atoms with van der Waals surface area (Å²) < 4.78 is 10.7. The zero-order valence-corrected chi connectivity index (χ0v) is 15.1. The summed E-state index contributed by atoms with van der Waals surface area (Å²) in [5.74, 6) is 1.41. The van der Waals surface area contributed by atoms with Crippen molar-refractivity contribution in [2.24, 2.45) is 0 Å². The molecule has 0 radical (unpaired) electrons. The fraction of sp³-hybridized carbons (Fsp3) is 0.286. The number of rotatable bonds is 4. The molecule has 0 spiro atoms. The van der Waals surface area contributed by atoms with Gasteiger partial charge in [-0.05, 0) is 49.6 Å². The number of para-hydroxylation sites is 1. The van der Waals surface area contributed by atoms with E-state index in [1.807, 2.05) is 48.2 Å². The Balaban J connectivity index is 1.92. The minimum Gasteiger partial charge on any atom is -0.497 e. The van der Waals surface area contributed by atoms with Gasteiger partial charge in [0.2, 0.25) is 0 Å². The van der Waals surface area contributed by atoms with Crippen LogP contribution in [0.1, 0.15) is 25.0 Å². The Labute approximate surface area is 148 Å². The minimum absolute atomic E-state index is 0.00665. The van der Waals surface area contributed by atoms with Gasteiger partial charge in [-0.1, -0.05) is 18.2 Å². The van der Waals surface area contributed by atoms with E-state index in [2.05, 4.69) is 13.0 Å². The number of carbonyl (C=O) groups excluding carboxylic acids is 1. The molecule has 130 valence electrons. The van der Waals surface area contributed by atoms with Gasteiger partial charge in [-0.25, -0.2) is 0 Å². The van der Waals surface area contributed by atoms with Crippen LogP contribution in [0, 0.1) is 0 Å². The van der Waals surface area contributed by atoms with Crippen LogP contribution in [-0.4, -0.2) is 26.2 Å². The van der Waals surface area contributed by atoms with Crippen molar-refractivity contribution in [1.29, 1.82) is 0 Å². The molecule has 0 N–H and O–H groups in total. The van der Waals surface area contributed by atoms with Crippen LogP contribution in [0.15, 0.2) is 48.5 Å². The maximum Gasteiger partial charge on any atom is 0.251 e. The third kappa shape index (κ3) is 3.25. The second-order valence-corrected chi connectivity index (χ2v) is 6.28. The first-order valence-corrected chi connectivity index (χ1v) is 8.37. The molecule has 1 atom stereocenters. The molecule has 1 amide bonds. The number of allylic oxidation sites excluding steroid dienone is 1. The van der Waals surface area contributed by atoms with E-state index in [0.717, 1.165) is 29.0 Å². The number of hydrogen-bond acceptors (Lipinski definition) is 3. The standard InChI is InChI=1S/C21H23NO3/c1-14(18-10-9-17(24-3)13-20(18)25-4)11-21(23)22-15(2)12-16-7-5-6-8-19(16)22/h5-11,13,15H,12H2,1-4H3/b14-11+. The summed E-state index contributed by atoms with van der Waals surface area (Å²) in [4.78, 5) is 14.8. The summed E-state index contributed by atoms with van der Waals surface area (Å²) in [6.45, 7) is 4.00. The Morgan fingerprint density at radius 1 is 1.16 bits per heavy atom. The number of ether oxygens (including phenoxy) is 2. The first kappa shape index (κ1) is 17.1. The molecule has 1 aliphatic heterocycles. The normalized spacial score (nSPS) is 16.6. The van der Waals surface area contributed by atoms with E-state index in [9.17, 15) is 4.79 Å². The summed E-state index contributed by atoms with van der Waals surface area (Å²) >= 11 is 0. The highest BCUT2D eigenvalue weighted by molar-refractivity contribution is 6.07. The fourth-order valence-electron chi connectivity index (χ4n) is 3.36. The molecular weight excluding hydrogens is 314 g/mol. The summed E-state index contributed by atoms with van der Waals surface area (Å²) in [5.41, 5.74) is 3.97. The molecule has 1 unspecified atom stereocenters. The highest BCUT2D eigenvalue weighted by atomic mass is 16.5. The molecule has 0 aromatic heterocycles. The molecule has 0 bridgehead atoms. The molecule has 2 aromatic rings. The van der Waals surface area contributed by atoms with Crippen LogP contribution in [0.4, 0.5) is 5.69 Å². The first-order chi connectivity index (χ1) is 12.0. The van der Waals surface area contributed by atoms with Crippen molar-refractivity contribution in [2.75, 3.05) is 19.1 Å². The van der Waals surface area contributed by atoms with Crippen LogP contribution in [0.3, 0.4) is 0 Å². The van der Waals surface area contributed by atoms with E-state index in [-0.39, 0.29) is 11.9 Å². The van der Waals surface area contributed by atoms with Crippen molar-refractivity contribution in [3.8, 4) is 11.5 Å². The van der Waals surface area contributed by atoms with Crippen LogP contribution in [0.5, 0.6) is 11.5 Å². The molecule has 25 heavy (non-hydrogen) atoms. The fourth-order valence-corrected chi connectivity index (χ4v) is 3.36. The first-order valence-electron chi connectivity index (χ1n) is 8.37. The van der Waals surface area contributed by atoms with Crippen LogP contribution in [0.25, 0.3) is 5.57 Å². The molecule has 0 aliphatic carbocycles. The van der Waals surface area contributed by atoms with Gasteiger partial charge in [0.15, 0.2) is 0 Å². The van der Waals surface area contributed by atoms with Crippen molar-refractivity contribution in [1.82, 2.24) is 0 Å². The highest BCUT2D eigenvalue weighted by Gasteiger charge is 2.29. The van der Waals surface area contributed by atoms with Gasteiger partial charge < -0.3 is 14.4 Å². The van der Waals surface area contributed by atoms with Gasteiger partial charge in [0.25, 0.3) is 5.91 Å². The molecule has 2 aromatic carbocycles. The zero-order valence-electron chi connectivity index (χ0n) is 15.1. The summed E-state index contributed by atoms with van der Waals surface area (Å²) in [5, 5.41) is 0. The lowest BCUT2D eigenvalue weighted by Gasteiger charge is -2.21. The Kier molecular flexibility index (Phi) is 4.79. The van der Waals surface area contributed by atoms with E-state index < -0.39 is 0 Å². The quantitative estimate of drug-likeness (QED) is 0.789. The largest absolute Gasteiger partial charge is 0.497 e.